The predicted octanol–water partition coefficient (Wildman–Crippen LogP) is 3.42. The summed E-state index contributed by atoms with van der Waals surface area (Å²) in [5.74, 6) is 0. The SMILES string of the molecule is C=CCCOP(=S)(SC(C)CC)N(C)C=O. The van der Waals surface area contributed by atoms with E-state index in [1.165, 1.54) is 4.67 Å². The average molecular weight is 281 g/mol. The summed E-state index contributed by atoms with van der Waals surface area (Å²) in [6, 6.07) is 0. The van der Waals surface area contributed by atoms with Crippen LogP contribution in [0.3, 0.4) is 0 Å². The van der Waals surface area contributed by atoms with E-state index in [2.05, 4.69) is 20.4 Å². The molecule has 6 heteroatoms. The van der Waals surface area contributed by atoms with Gasteiger partial charge in [-0.15, -0.1) is 6.58 Å². The highest BCUT2D eigenvalue weighted by Crippen LogP contribution is 2.63. The molecule has 0 fully saturated rings. The van der Waals surface area contributed by atoms with Crippen LogP contribution in [0.25, 0.3) is 0 Å². The molecule has 16 heavy (non-hydrogen) atoms. The molecule has 0 bridgehead atoms. The summed E-state index contributed by atoms with van der Waals surface area (Å²) in [4.78, 5) is 10.8. The van der Waals surface area contributed by atoms with E-state index in [4.69, 9.17) is 16.3 Å². The lowest BCUT2D eigenvalue weighted by Crippen LogP contribution is -2.14. The van der Waals surface area contributed by atoms with Gasteiger partial charge in [-0.25, -0.2) is 0 Å². The van der Waals surface area contributed by atoms with Gasteiger partial charge in [-0.05, 0) is 24.6 Å². The van der Waals surface area contributed by atoms with Crippen molar-refractivity contribution in [1.82, 2.24) is 4.67 Å². The van der Waals surface area contributed by atoms with Crippen molar-refractivity contribution >= 4 is 35.2 Å². The Balaban J connectivity index is 4.54. The van der Waals surface area contributed by atoms with Gasteiger partial charge in [0.15, 0.2) is 0 Å². The maximum absolute atomic E-state index is 10.8. The average Bonchev–Trinajstić information content (AvgIpc) is 2.28. The molecule has 0 aliphatic heterocycles. The fourth-order valence-electron chi connectivity index (χ4n) is 0.807. The van der Waals surface area contributed by atoms with E-state index in [0.29, 0.717) is 11.9 Å². The molecular weight excluding hydrogens is 261 g/mol. The van der Waals surface area contributed by atoms with Crippen molar-refractivity contribution < 1.29 is 9.32 Å². The van der Waals surface area contributed by atoms with Crippen LogP contribution in [0, 0.1) is 0 Å². The van der Waals surface area contributed by atoms with Crippen LogP contribution in [0.4, 0.5) is 0 Å². The smallest absolute Gasteiger partial charge is 0.215 e. The van der Waals surface area contributed by atoms with Crippen LogP contribution in [0.1, 0.15) is 26.7 Å². The van der Waals surface area contributed by atoms with Crippen molar-refractivity contribution in [3.8, 4) is 0 Å². The highest BCUT2D eigenvalue weighted by molar-refractivity contribution is 8.68. The summed E-state index contributed by atoms with van der Waals surface area (Å²) in [7, 11) is 1.69. The molecule has 0 aromatic carbocycles. The first-order valence-electron chi connectivity index (χ1n) is 5.22. The minimum Gasteiger partial charge on any atom is -0.326 e. The van der Waals surface area contributed by atoms with Crippen molar-refractivity contribution in [2.45, 2.75) is 31.9 Å². The van der Waals surface area contributed by atoms with Gasteiger partial charge in [-0.3, -0.25) is 9.46 Å². The summed E-state index contributed by atoms with van der Waals surface area (Å²) in [5.41, 5.74) is -2.25. The number of rotatable bonds is 9. The van der Waals surface area contributed by atoms with Gasteiger partial charge in [0.1, 0.15) is 0 Å². The Hall–Kier alpha value is 0.170. The maximum atomic E-state index is 10.8. The monoisotopic (exact) mass is 281 g/mol. The van der Waals surface area contributed by atoms with Gasteiger partial charge in [0.05, 0.1) is 6.61 Å². The molecular formula is C10H20NO2PS2. The van der Waals surface area contributed by atoms with Crippen LogP contribution in [-0.2, 0) is 21.1 Å². The second-order valence-corrected chi connectivity index (χ2v) is 10.5. The van der Waals surface area contributed by atoms with E-state index in [-0.39, 0.29) is 0 Å². The first-order valence-corrected chi connectivity index (χ1v) is 9.38. The number of carbonyl (C=O) groups is 1. The van der Waals surface area contributed by atoms with Crippen LogP contribution in [0.15, 0.2) is 12.7 Å². The predicted molar refractivity (Wildman–Crippen MR) is 76.2 cm³/mol. The topological polar surface area (TPSA) is 29.5 Å². The zero-order valence-electron chi connectivity index (χ0n) is 10.1. The normalized spacial score (nSPS) is 16.2. The van der Waals surface area contributed by atoms with E-state index >= 15 is 0 Å². The number of hydrogen-bond acceptors (Lipinski definition) is 4. The Bertz CT molecular complexity index is 274. The Morgan fingerprint density at radius 3 is 2.75 bits per heavy atom. The van der Waals surface area contributed by atoms with Crippen LogP contribution in [0.2, 0.25) is 0 Å². The molecule has 2 unspecified atom stereocenters. The Morgan fingerprint density at radius 2 is 2.31 bits per heavy atom. The largest absolute Gasteiger partial charge is 0.326 e. The molecule has 0 saturated heterocycles. The van der Waals surface area contributed by atoms with Crippen LogP contribution in [0.5, 0.6) is 0 Å². The quantitative estimate of drug-likeness (QED) is 0.280. The van der Waals surface area contributed by atoms with Gasteiger partial charge < -0.3 is 4.52 Å². The van der Waals surface area contributed by atoms with Gasteiger partial charge in [0.2, 0.25) is 12.0 Å². The molecule has 0 aromatic rings. The van der Waals surface area contributed by atoms with E-state index in [1.807, 2.05) is 0 Å². The lowest BCUT2D eigenvalue weighted by Gasteiger charge is -2.29. The minimum atomic E-state index is -2.25. The Morgan fingerprint density at radius 1 is 1.69 bits per heavy atom. The molecule has 0 rings (SSSR count). The van der Waals surface area contributed by atoms with Gasteiger partial charge in [-0.2, -0.15) is 0 Å². The van der Waals surface area contributed by atoms with E-state index in [1.54, 1.807) is 24.5 Å². The first kappa shape index (κ1) is 16.2. The summed E-state index contributed by atoms with van der Waals surface area (Å²) in [6.07, 6.45) is 4.31. The summed E-state index contributed by atoms with van der Waals surface area (Å²) < 4.78 is 7.21. The Labute approximate surface area is 108 Å². The third-order valence-corrected chi connectivity index (χ3v) is 9.17. The highest BCUT2D eigenvalue weighted by Gasteiger charge is 2.25. The number of carbonyl (C=O) groups excluding carboxylic acids is 1. The number of amides is 1. The van der Waals surface area contributed by atoms with Crippen molar-refractivity contribution in [2.24, 2.45) is 0 Å². The lowest BCUT2D eigenvalue weighted by molar-refractivity contribution is -0.113. The molecule has 94 valence electrons. The molecule has 3 nitrogen and oxygen atoms in total. The minimum absolute atomic E-state index is 0.400. The molecule has 1 amide bonds. The first-order chi connectivity index (χ1) is 7.50. The van der Waals surface area contributed by atoms with Crippen LogP contribution >= 0.6 is 17.0 Å². The van der Waals surface area contributed by atoms with Gasteiger partial charge >= 0.3 is 0 Å². The third kappa shape index (κ3) is 5.48. The second-order valence-electron chi connectivity index (χ2n) is 3.38. The zero-order valence-corrected chi connectivity index (χ0v) is 12.6. The second kappa shape index (κ2) is 8.29. The number of hydrogen-bond donors (Lipinski definition) is 0. The molecule has 0 aliphatic rings. The van der Waals surface area contributed by atoms with Crippen LogP contribution < -0.4 is 0 Å². The zero-order chi connectivity index (χ0) is 12.6. The highest BCUT2D eigenvalue weighted by atomic mass is 32.9. The number of nitrogens with zero attached hydrogens (tertiary/aromatic N) is 1. The van der Waals surface area contributed by atoms with Crippen molar-refractivity contribution in [2.75, 3.05) is 13.7 Å². The molecule has 0 saturated carbocycles. The molecule has 0 heterocycles. The molecule has 0 aromatic heterocycles. The van der Waals surface area contributed by atoms with Crippen LogP contribution in [-0.4, -0.2) is 30.0 Å². The molecule has 2 atom stereocenters. The van der Waals surface area contributed by atoms with E-state index in [0.717, 1.165) is 19.3 Å². The summed E-state index contributed by atoms with van der Waals surface area (Å²) in [5, 5.41) is 0.400. The molecule has 0 spiro atoms. The standard InChI is InChI=1S/C10H20NO2PS2/c1-5-7-8-13-14(15,11(4)9-12)16-10(3)6-2/h5,9-10H,1,6-8H2,2-4H3. The molecule has 0 aliphatic carbocycles. The fraction of sp³-hybridized carbons (Fsp3) is 0.700. The van der Waals surface area contributed by atoms with Crippen molar-refractivity contribution in [3.05, 3.63) is 12.7 Å². The lowest BCUT2D eigenvalue weighted by atomic mass is 10.4. The molecule has 0 N–H and O–H groups in total. The van der Waals surface area contributed by atoms with E-state index in [9.17, 15) is 4.79 Å². The maximum Gasteiger partial charge on any atom is 0.215 e. The van der Waals surface area contributed by atoms with Crippen molar-refractivity contribution in [1.29, 1.82) is 0 Å². The van der Waals surface area contributed by atoms with E-state index < -0.39 is 5.62 Å². The molecule has 0 radical (unpaired) electrons. The van der Waals surface area contributed by atoms with Gasteiger partial charge in [-0.1, -0.05) is 31.3 Å². The van der Waals surface area contributed by atoms with Gasteiger partial charge in [0, 0.05) is 12.3 Å². The third-order valence-electron chi connectivity index (χ3n) is 2.00. The Kier molecular flexibility index (Phi) is 8.38. The summed E-state index contributed by atoms with van der Waals surface area (Å²) >= 11 is 7.09. The van der Waals surface area contributed by atoms with Crippen molar-refractivity contribution in [3.63, 3.8) is 0 Å². The fourth-order valence-corrected chi connectivity index (χ4v) is 6.69. The van der Waals surface area contributed by atoms with Gasteiger partial charge in [0.25, 0.3) is 0 Å². The summed E-state index contributed by atoms with van der Waals surface area (Å²) in [6.45, 7) is 8.36.